The van der Waals surface area contributed by atoms with Crippen molar-refractivity contribution >= 4 is 42.8 Å². The second kappa shape index (κ2) is 6.58. The molecular formula is C17H13Br2NO. The number of ether oxygens (including phenoxy) is 1. The third-order valence-corrected chi connectivity index (χ3v) is 4.47. The Morgan fingerprint density at radius 1 is 1.05 bits per heavy atom. The van der Waals surface area contributed by atoms with Crippen LogP contribution < -0.4 is 4.74 Å². The molecule has 0 saturated carbocycles. The number of hydrogen-bond acceptors (Lipinski definition) is 2. The van der Waals surface area contributed by atoms with E-state index in [4.69, 9.17) is 4.74 Å². The van der Waals surface area contributed by atoms with E-state index >= 15 is 0 Å². The predicted octanol–water partition coefficient (Wildman–Crippen LogP) is 5.47. The van der Waals surface area contributed by atoms with E-state index in [1.807, 2.05) is 30.5 Å². The van der Waals surface area contributed by atoms with E-state index in [9.17, 15) is 0 Å². The van der Waals surface area contributed by atoms with E-state index in [2.05, 4.69) is 61.1 Å². The van der Waals surface area contributed by atoms with Gasteiger partial charge in [-0.3, -0.25) is 4.98 Å². The molecule has 1 aromatic heterocycles. The number of fused-ring (bicyclic) bond motifs is 1. The first-order valence-electron chi connectivity index (χ1n) is 6.58. The van der Waals surface area contributed by atoms with Gasteiger partial charge in [-0.2, -0.15) is 0 Å². The molecule has 0 aliphatic rings. The molecule has 0 fully saturated rings. The molecule has 0 spiro atoms. The minimum Gasteiger partial charge on any atom is -0.487 e. The predicted molar refractivity (Wildman–Crippen MR) is 92.8 cm³/mol. The Hall–Kier alpha value is -1.39. The fraction of sp³-hybridized carbons (Fsp3) is 0.118. The van der Waals surface area contributed by atoms with Crippen molar-refractivity contribution in [1.29, 1.82) is 0 Å². The van der Waals surface area contributed by atoms with Crippen molar-refractivity contribution in [2.75, 3.05) is 0 Å². The smallest absolute Gasteiger partial charge is 0.138 e. The SMILES string of the molecule is BrCc1cccc(Br)c1OCc1ccc2ncccc2c1. The Balaban J connectivity index is 1.83. The molecule has 0 unspecified atom stereocenters. The number of alkyl halides is 1. The lowest BCUT2D eigenvalue weighted by atomic mass is 10.1. The van der Waals surface area contributed by atoms with Crippen molar-refractivity contribution < 1.29 is 4.74 Å². The van der Waals surface area contributed by atoms with Gasteiger partial charge >= 0.3 is 0 Å². The minimum absolute atomic E-state index is 0.535. The largest absolute Gasteiger partial charge is 0.487 e. The van der Waals surface area contributed by atoms with Gasteiger partial charge in [-0.1, -0.05) is 40.2 Å². The fourth-order valence-corrected chi connectivity index (χ4v) is 3.15. The summed E-state index contributed by atoms with van der Waals surface area (Å²) in [5, 5.41) is 1.90. The van der Waals surface area contributed by atoms with Gasteiger partial charge in [0.1, 0.15) is 12.4 Å². The topological polar surface area (TPSA) is 22.1 Å². The molecular weight excluding hydrogens is 394 g/mol. The minimum atomic E-state index is 0.535. The van der Waals surface area contributed by atoms with Crippen LogP contribution in [0.15, 0.2) is 59.2 Å². The van der Waals surface area contributed by atoms with Gasteiger partial charge in [0.25, 0.3) is 0 Å². The highest BCUT2D eigenvalue weighted by atomic mass is 79.9. The summed E-state index contributed by atoms with van der Waals surface area (Å²) in [6.07, 6.45) is 1.81. The summed E-state index contributed by atoms with van der Waals surface area (Å²) < 4.78 is 6.97. The molecule has 0 atom stereocenters. The van der Waals surface area contributed by atoms with E-state index < -0.39 is 0 Å². The van der Waals surface area contributed by atoms with Gasteiger partial charge in [-0.05, 0) is 45.8 Å². The Morgan fingerprint density at radius 3 is 2.81 bits per heavy atom. The number of aromatic nitrogens is 1. The summed E-state index contributed by atoms with van der Waals surface area (Å²) in [6.45, 7) is 0.535. The third kappa shape index (κ3) is 3.27. The monoisotopic (exact) mass is 405 g/mol. The van der Waals surface area contributed by atoms with Gasteiger partial charge in [0, 0.05) is 22.5 Å². The Morgan fingerprint density at radius 2 is 1.95 bits per heavy atom. The second-order valence-corrected chi connectivity index (χ2v) is 6.10. The van der Waals surface area contributed by atoms with E-state index in [-0.39, 0.29) is 0 Å². The van der Waals surface area contributed by atoms with Gasteiger partial charge in [0.2, 0.25) is 0 Å². The number of pyridine rings is 1. The fourth-order valence-electron chi connectivity index (χ4n) is 2.19. The van der Waals surface area contributed by atoms with Crippen LogP contribution >= 0.6 is 31.9 Å². The van der Waals surface area contributed by atoms with Crippen molar-refractivity contribution in [2.45, 2.75) is 11.9 Å². The molecule has 0 aliphatic heterocycles. The number of benzene rings is 2. The summed E-state index contributed by atoms with van der Waals surface area (Å²) >= 11 is 7.04. The summed E-state index contributed by atoms with van der Waals surface area (Å²) in [4.78, 5) is 4.33. The molecule has 0 radical (unpaired) electrons. The average Bonchev–Trinajstić information content (AvgIpc) is 2.53. The maximum Gasteiger partial charge on any atom is 0.138 e. The van der Waals surface area contributed by atoms with E-state index in [0.717, 1.165) is 37.6 Å². The maximum absolute atomic E-state index is 6.00. The Labute approximate surface area is 140 Å². The molecule has 1 heterocycles. The molecule has 4 heteroatoms. The van der Waals surface area contributed by atoms with Crippen molar-refractivity contribution in [3.05, 3.63) is 70.3 Å². The Bertz CT molecular complexity index is 774. The number of rotatable bonds is 4. The number of hydrogen-bond donors (Lipinski definition) is 0. The van der Waals surface area contributed by atoms with Crippen LogP contribution in [-0.2, 0) is 11.9 Å². The highest BCUT2D eigenvalue weighted by Crippen LogP contribution is 2.31. The van der Waals surface area contributed by atoms with Gasteiger partial charge in [0.05, 0.1) is 9.99 Å². The van der Waals surface area contributed by atoms with Crippen LogP contribution in [0.2, 0.25) is 0 Å². The average molecular weight is 407 g/mol. The number of nitrogens with zero attached hydrogens (tertiary/aromatic N) is 1. The molecule has 2 aromatic carbocycles. The zero-order valence-electron chi connectivity index (χ0n) is 11.2. The zero-order chi connectivity index (χ0) is 14.7. The quantitative estimate of drug-likeness (QED) is 0.536. The van der Waals surface area contributed by atoms with Crippen LogP contribution in [-0.4, -0.2) is 4.98 Å². The first-order chi connectivity index (χ1) is 10.3. The third-order valence-electron chi connectivity index (χ3n) is 3.24. The molecule has 3 aromatic rings. The molecule has 106 valence electrons. The highest BCUT2D eigenvalue weighted by Gasteiger charge is 2.07. The molecule has 0 aliphatic carbocycles. The van der Waals surface area contributed by atoms with Gasteiger partial charge in [-0.15, -0.1) is 0 Å². The number of halogens is 2. The van der Waals surface area contributed by atoms with Crippen molar-refractivity contribution in [3.8, 4) is 5.75 Å². The van der Waals surface area contributed by atoms with Crippen LogP contribution in [0.5, 0.6) is 5.75 Å². The standard InChI is InChI=1S/C17H13Br2NO/c18-10-14-3-1-5-15(19)17(14)21-11-12-6-7-16-13(9-12)4-2-8-20-16/h1-9H,10-11H2. The maximum atomic E-state index is 6.00. The van der Waals surface area contributed by atoms with Crippen LogP contribution in [0.1, 0.15) is 11.1 Å². The molecule has 0 saturated heterocycles. The lowest BCUT2D eigenvalue weighted by molar-refractivity contribution is 0.302. The number of para-hydroxylation sites is 1. The lowest BCUT2D eigenvalue weighted by Crippen LogP contribution is -1.99. The van der Waals surface area contributed by atoms with Crippen LogP contribution in [0.3, 0.4) is 0 Å². The molecule has 2 nitrogen and oxygen atoms in total. The molecule has 0 N–H and O–H groups in total. The molecule has 3 rings (SSSR count). The van der Waals surface area contributed by atoms with Crippen molar-refractivity contribution in [1.82, 2.24) is 4.98 Å². The molecule has 0 bridgehead atoms. The van der Waals surface area contributed by atoms with Crippen molar-refractivity contribution in [2.24, 2.45) is 0 Å². The Kier molecular flexibility index (Phi) is 4.56. The summed E-state index contributed by atoms with van der Waals surface area (Å²) in [5.41, 5.74) is 3.27. The molecule has 21 heavy (non-hydrogen) atoms. The van der Waals surface area contributed by atoms with E-state index in [0.29, 0.717) is 6.61 Å². The van der Waals surface area contributed by atoms with Crippen LogP contribution in [0.25, 0.3) is 10.9 Å². The first kappa shape index (κ1) is 14.5. The van der Waals surface area contributed by atoms with Gasteiger partial charge in [-0.25, -0.2) is 0 Å². The first-order valence-corrected chi connectivity index (χ1v) is 8.49. The van der Waals surface area contributed by atoms with Crippen LogP contribution in [0, 0.1) is 0 Å². The highest BCUT2D eigenvalue weighted by molar-refractivity contribution is 9.10. The van der Waals surface area contributed by atoms with E-state index in [1.165, 1.54) is 0 Å². The summed E-state index contributed by atoms with van der Waals surface area (Å²) in [6, 6.07) is 16.3. The van der Waals surface area contributed by atoms with E-state index in [1.54, 1.807) is 0 Å². The summed E-state index contributed by atoms with van der Waals surface area (Å²) in [5.74, 6) is 0.889. The lowest BCUT2D eigenvalue weighted by Gasteiger charge is -2.12. The normalized spacial score (nSPS) is 10.8. The molecule has 0 amide bonds. The second-order valence-electron chi connectivity index (χ2n) is 4.68. The van der Waals surface area contributed by atoms with Crippen molar-refractivity contribution in [3.63, 3.8) is 0 Å². The van der Waals surface area contributed by atoms with Crippen LogP contribution in [0.4, 0.5) is 0 Å². The van der Waals surface area contributed by atoms with Gasteiger partial charge < -0.3 is 4.74 Å². The zero-order valence-corrected chi connectivity index (χ0v) is 14.4. The van der Waals surface area contributed by atoms with Gasteiger partial charge in [0.15, 0.2) is 0 Å². The summed E-state index contributed by atoms with van der Waals surface area (Å²) in [7, 11) is 0.